The summed E-state index contributed by atoms with van der Waals surface area (Å²) >= 11 is 3.43. The van der Waals surface area contributed by atoms with Crippen LogP contribution in [-0.4, -0.2) is 20.3 Å². The second-order valence-electron chi connectivity index (χ2n) is 4.77. The number of ether oxygens (including phenoxy) is 2. The number of nitrogens with zero attached hydrogens (tertiary/aromatic N) is 1. The van der Waals surface area contributed by atoms with E-state index in [2.05, 4.69) is 15.9 Å². The quantitative estimate of drug-likeness (QED) is 0.719. The molecule has 0 unspecified atom stereocenters. The van der Waals surface area contributed by atoms with Gasteiger partial charge in [0.05, 0.1) is 19.9 Å². The lowest BCUT2D eigenvalue weighted by Crippen LogP contribution is -2.30. The summed E-state index contributed by atoms with van der Waals surface area (Å²) < 4.78 is 11.6. The zero-order valence-electron chi connectivity index (χ0n) is 13.2. The second kappa shape index (κ2) is 7.99. The molecule has 0 aliphatic rings. The summed E-state index contributed by atoms with van der Waals surface area (Å²) in [5.41, 5.74) is 2.41. The first-order valence-corrected chi connectivity index (χ1v) is 7.75. The van der Waals surface area contributed by atoms with Gasteiger partial charge >= 0.3 is 6.09 Å². The average Bonchev–Trinajstić information content (AvgIpc) is 2.55. The standard InChI is InChI=1S/C17H18BrNO4/c1-12-10-14(18)8-9-16(12)23-11-13-6-4-5-7-15(13)19(22-3)17(20)21-2/h4-10H,11H2,1-3H3. The van der Waals surface area contributed by atoms with Crippen molar-refractivity contribution in [2.75, 3.05) is 19.3 Å². The van der Waals surface area contributed by atoms with Crippen LogP contribution in [0.25, 0.3) is 0 Å². The van der Waals surface area contributed by atoms with Gasteiger partial charge in [0.25, 0.3) is 0 Å². The molecule has 122 valence electrons. The number of anilines is 1. The number of para-hydroxylation sites is 1. The number of carbonyl (C=O) groups excluding carboxylic acids is 1. The molecule has 0 N–H and O–H groups in total. The number of halogens is 1. The molecule has 6 heteroatoms. The molecule has 5 nitrogen and oxygen atoms in total. The Balaban J connectivity index is 2.22. The van der Waals surface area contributed by atoms with Gasteiger partial charge in [-0.25, -0.2) is 4.79 Å². The van der Waals surface area contributed by atoms with Crippen molar-refractivity contribution in [1.82, 2.24) is 0 Å². The molecule has 0 heterocycles. The number of benzene rings is 2. The zero-order chi connectivity index (χ0) is 16.8. The molecule has 2 aromatic carbocycles. The van der Waals surface area contributed by atoms with Crippen LogP contribution in [0, 0.1) is 6.92 Å². The number of methoxy groups -OCH3 is 1. The Morgan fingerprint density at radius 2 is 1.91 bits per heavy atom. The number of hydrogen-bond donors (Lipinski definition) is 0. The van der Waals surface area contributed by atoms with Crippen LogP contribution >= 0.6 is 15.9 Å². The molecular weight excluding hydrogens is 362 g/mol. The topological polar surface area (TPSA) is 48.0 Å². The average molecular weight is 380 g/mol. The number of aryl methyl sites for hydroxylation is 1. The molecule has 0 aliphatic heterocycles. The van der Waals surface area contributed by atoms with Crippen LogP contribution in [0.5, 0.6) is 5.75 Å². The van der Waals surface area contributed by atoms with E-state index in [1.165, 1.54) is 14.2 Å². The molecule has 1 amide bonds. The summed E-state index contributed by atoms with van der Waals surface area (Å²) in [5.74, 6) is 0.782. The maximum Gasteiger partial charge on any atom is 0.438 e. The minimum atomic E-state index is -0.597. The Kier molecular flexibility index (Phi) is 6.01. The van der Waals surface area contributed by atoms with Crippen molar-refractivity contribution in [2.24, 2.45) is 0 Å². The van der Waals surface area contributed by atoms with Crippen LogP contribution in [-0.2, 0) is 16.2 Å². The van der Waals surface area contributed by atoms with Crippen LogP contribution in [0.15, 0.2) is 46.9 Å². The predicted molar refractivity (Wildman–Crippen MR) is 91.5 cm³/mol. The molecule has 0 saturated carbocycles. The van der Waals surface area contributed by atoms with Crippen LogP contribution in [0.4, 0.5) is 10.5 Å². The molecule has 0 atom stereocenters. The lowest BCUT2D eigenvalue weighted by molar-refractivity contribution is 0.115. The molecule has 0 fully saturated rings. The van der Waals surface area contributed by atoms with Gasteiger partial charge < -0.3 is 9.47 Å². The highest BCUT2D eigenvalue weighted by atomic mass is 79.9. The van der Waals surface area contributed by atoms with E-state index in [1.807, 2.05) is 43.3 Å². The Hall–Kier alpha value is -2.05. The SMILES string of the molecule is COC(=O)N(OC)c1ccccc1COc1ccc(Br)cc1C. The molecule has 0 spiro atoms. The van der Waals surface area contributed by atoms with Crippen LogP contribution in [0.2, 0.25) is 0 Å². The Labute approximate surface area is 143 Å². The van der Waals surface area contributed by atoms with E-state index >= 15 is 0 Å². The maximum absolute atomic E-state index is 11.8. The number of hydroxylamine groups is 1. The predicted octanol–water partition coefficient (Wildman–Crippen LogP) is 4.47. The van der Waals surface area contributed by atoms with E-state index in [4.69, 9.17) is 14.3 Å². The van der Waals surface area contributed by atoms with E-state index in [0.717, 1.165) is 26.4 Å². The van der Waals surface area contributed by atoms with Crippen LogP contribution in [0.1, 0.15) is 11.1 Å². The number of amides is 1. The van der Waals surface area contributed by atoms with Crippen molar-refractivity contribution in [3.05, 3.63) is 58.1 Å². The monoisotopic (exact) mass is 379 g/mol. The highest BCUT2D eigenvalue weighted by Crippen LogP contribution is 2.26. The fraction of sp³-hybridized carbons (Fsp3) is 0.235. The number of hydrogen-bond acceptors (Lipinski definition) is 4. The summed E-state index contributed by atoms with van der Waals surface area (Å²) in [5, 5.41) is 1.09. The molecule has 2 rings (SSSR count). The first-order valence-electron chi connectivity index (χ1n) is 6.96. The third-order valence-corrected chi connectivity index (χ3v) is 3.75. The van der Waals surface area contributed by atoms with Crippen LogP contribution < -0.4 is 9.80 Å². The summed E-state index contributed by atoms with van der Waals surface area (Å²) in [4.78, 5) is 16.9. The smallest absolute Gasteiger partial charge is 0.438 e. The Morgan fingerprint density at radius 1 is 1.17 bits per heavy atom. The maximum atomic E-state index is 11.8. The summed E-state index contributed by atoms with van der Waals surface area (Å²) in [6.07, 6.45) is -0.597. The summed E-state index contributed by atoms with van der Waals surface area (Å²) in [6.45, 7) is 2.28. The minimum Gasteiger partial charge on any atom is -0.489 e. The van der Waals surface area contributed by atoms with Crippen LogP contribution in [0.3, 0.4) is 0 Å². The highest BCUT2D eigenvalue weighted by Gasteiger charge is 2.19. The van der Waals surface area contributed by atoms with E-state index < -0.39 is 6.09 Å². The van der Waals surface area contributed by atoms with Gasteiger partial charge in [0.1, 0.15) is 12.4 Å². The molecule has 2 aromatic rings. The van der Waals surface area contributed by atoms with Crippen molar-refractivity contribution in [3.8, 4) is 5.75 Å². The van der Waals surface area contributed by atoms with Crippen molar-refractivity contribution in [1.29, 1.82) is 0 Å². The molecular formula is C17H18BrNO4. The fourth-order valence-corrected chi connectivity index (χ4v) is 2.59. The van der Waals surface area contributed by atoms with E-state index in [9.17, 15) is 4.79 Å². The fourth-order valence-electron chi connectivity index (χ4n) is 2.12. The van der Waals surface area contributed by atoms with Crippen molar-refractivity contribution < 1.29 is 19.1 Å². The third-order valence-electron chi connectivity index (χ3n) is 3.25. The van der Waals surface area contributed by atoms with E-state index in [1.54, 1.807) is 6.07 Å². The summed E-state index contributed by atoms with van der Waals surface area (Å²) in [6, 6.07) is 13.1. The third kappa shape index (κ3) is 4.24. The van der Waals surface area contributed by atoms with Gasteiger partial charge in [-0.05, 0) is 36.8 Å². The number of carbonyl (C=O) groups is 1. The van der Waals surface area contributed by atoms with E-state index in [-0.39, 0.29) is 0 Å². The van der Waals surface area contributed by atoms with Crippen molar-refractivity contribution in [3.63, 3.8) is 0 Å². The molecule has 0 bridgehead atoms. The second-order valence-corrected chi connectivity index (χ2v) is 5.69. The first kappa shape index (κ1) is 17.3. The van der Waals surface area contributed by atoms with Gasteiger partial charge in [0.15, 0.2) is 0 Å². The van der Waals surface area contributed by atoms with Crippen molar-refractivity contribution >= 4 is 27.7 Å². The molecule has 0 aromatic heterocycles. The Morgan fingerprint density at radius 3 is 2.57 bits per heavy atom. The van der Waals surface area contributed by atoms with Gasteiger partial charge in [-0.2, -0.15) is 5.06 Å². The lowest BCUT2D eigenvalue weighted by Gasteiger charge is -2.21. The van der Waals surface area contributed by atoms with Gasteiger partial charge in [0.2, 0.25) is 0 Å². The van der Waals surface area contributed by atoms with Gasteiger partial charge in [0, 0.05) is 10.0 Å². The van der Waals surface area contributed by atoms with Crippen molar-refractivity contribution in [2.45, 2.75) is 13.5 Å². The molecule has 0 radical (unpaired) electrons. The van der Waals surface area contributed by atoms with Gasteiger partial charge in [-0.3, -0.25) is 4.84 Å². The zero-order valence-corrected chi connectivity index (χ0v) is 14.8. The molecule has 23 heavy (non-hydrogen) atoms. The largest absolute Gasteiger partial charge is 0.489 e. The molecule has 0 aliphatic carbocycles. The normalized spacial score (nSPS) is 10.3. The van der Waals surface area contributed by atoms with Gasteiger partial charge in [-0.1, -0.05) is 34.1 Å². The Bertz CT molecular complexity index is 690. The minimum absolute atomic E-state index is 0.301. The van der Waals surface area contributed by atoms with E-state index in [0.29, 0.717) is 12.3 Å². The highest BCUT2D eigenvalue weighted by molar-refractivity contribution is 9.10. The summed E-state index contributed by atoms with van der Waals surface area (Å²) in [7, 11) is 2.71. The lowest BCUT2D eigenvalue weighted by atomic mass is 10.2. The molecule has 0 saturated heterocycles. The first-order chi connectivity index (χ1) is 11.1. The van der Waals surface area contributed by atoms with Gasteiger partial charge in [-0.15, -0.1) is 0 Å². The number of rotatable bonds is 5.